The van der Waals surface area contributed by atoms with Gasteiger partial charge in [0.15, 0.2) is 0 Å². The largest absolute Gasteiger partial charge is 0.358 e. The van der Waals surface area contributed by atoms with Crippen molar-refractivity contribution < 1.29 is 0 Å². The molecule has 1 fully saturated rings. The maximum absolute atomic E-state index is 4.66. The monoisotopic (exact) mass is 305 g/mol. The summed E-state index contributed by atoms with van der Waals surface area (Å²) >= 11 is 0. The summed E-state index contributed by atoms with van der Waals surface area (Å²) in [6, 6.07) is 8.63. The fraction of sp³-hybridized carbons (Fsp3) is 0.400. The van der Waals surface area contributed by atoms with Crippen molar-refractivity contribution in [3.63, 3.8) is 0 Å². The highest BCUT2D eigenvalue weighted by Gasteiger charge is 2.34. The highest BCUT2D eigenvalue weighted by Crippen LogP contribution is 2.31. The van der Waals surface area contributed by atoms with E-state index >= 15 is 0 Å². The molecule has 0 saturated carbocycles. The van der Waals surface area contributed by atoms with E-state index in [-0.39, 0.29) is 0 Å². The molecule has 4 rings (SSSR count). The van der Waals surface area contributed by atoms with Crippen LogP contribution in [0.1, 0.15) is 30.4 Å². The molecule has 2 heterocycles. The molecule has 3 heteroatoms. The number of piperidine rings is 1. The number of amidine groups is 1. The van der Waals surface area contributed by atoms with E-state index in [1.807, 2.05) is 0 Å². The molecule has 1 aliphatic carbocycles. The van der Waals surface area contributed by atoms with Gasteiger partial charge in [-0.2, -0.15) is 5.10 Å². The Bertz CT molecular complexity index is 688. The van der Waals surface area contributed by atoms with Crippen molar-refractivity contribution in [3.05, 3.63) is 59.7 Å². The molecule has 0 spiro atoms. The summed E-state index contributed by atoms with van der Waals surface area (Å²) in [7, 11) is 0. The van der Waals surface area contributed by atoms with Gasteiger partial charge in [-0.05, 0) is 31.7 Å². The molecule has 0 radical (unpaired) electrons. The van der Waals surface area contributed by atoms with Gasteiger partial charge in [-0.3, -0.25) is 0 Å². The molecule has 0 unspecified atom stereocenters. The second-order valence-electron chi connectivity index (χ2n) is 6.68. The van der Waals surface area contributed by atoms with Crippen molar-refractivity contribution >= 4 is 11.5 Å². The van der Waals surface area contributed by atoms with Crippen molar-refractivity contribution in [2.75, 3.05) is 13.1 Å². The lowest BCUT2D eigenvalue weighted by Crippen LogP contribution is -2.44. The summed E-state index contributed by atoms with van der Waals surface area (Å²) in [6.07, 6.45) is 12.7. The van der Waals surface area contributed by atoms with Crippen LogP contribution in [0, 0.1) is 18.8 Å². The van der Waals surface area contributed by atoms with Crippen LogP contribution in [-0.4, -0.2) is 29.5 Å². The zero-order chi connectivity index (χ0) is 15.6. The van der Waals surface area contributed by atoms with E-state index in [1.165, 1.54) is 30.4 Å². The Kier molecular flexibility index (Phi) is 3.86. The first-order chi connectivity index (χ1) is 11.3. The van der Waals surface area contributed by atoms with E-state index in [0.717, 1.165) is 24.6 Å². The van der Waals surface area contributed by atoms with Crippen LogP contribution in [0.15, 0.2) is 58.8 Å². The molecule has 0 amide bonds. The Labute approximate surface area is 138 Å². The fourth-order valence-electron chi connectivity index (χ4n) is 3.73. The first-order valence-corrected chi connectivity index (χ1v) is 8.65. The van der Waals surface area contributed by atoms with E-state index in [0.29, 0.717) is 11.8 Å². The molecule has 118 valence electrons. The van der Waals surface area contributed by atoms with Gasteiger partial charge in [0, 0.05) is 24.9 Å². The Morgan fingerprint density at radius 1 is 0.870 bits per heavy atom. The lowest BCUT2D eigenvalue weighted by Gasteiger charge is -2.37. The summed E-state index contributed by atoms with van der Waals surface area (Å²) in [6.45, 7) is 4.36. The molecule has 0 bridgehead atoms. The predicted octanol–water partition coefficient (Wildman–Crippen LogP) is 3.96. The molecule has 1 saturated heterocycles. The molecular weight excluding hydrogens is 282 g/mol. The Morgan fingerprint density at radius 2 is 1.57 bits per heavy atom. The van der Waals surface area contributed by atoms with Gasteiger partial charge in [0.1, 0.15) is 5.84 Å². The van der Waals surface area contributed by atoms with Crippen LogP contribution in [-0.2, 0) is 0 Å². The average Bonchev–Trinajstić information content (AvgIpc) is 2.62. The minimum absolute atomic E-state index is 0.303. The van der Waals surface area contributed by atoms with Gasteiger partial charge in [-0.25, -0.2) is 0 Å². The van der Waals surface area contributed by atoms with E-state index in [9.17, 15) is 0 Å². The quantitative estimate of drug-likeness (QED) is 0.772. The van der Waals surface area contributed by atoms with Crippen LogP contribution < -0.4 is 0 Å². The van der Waals surface area contributed by atoms with E-state index < -0.39 is 0 Å². The maximum atomic E-state index is 4.66. The highest BCUT2D eigenvalue weighted by molar-refractivity contribution is 6.08. The maximum Gasteiger partial charge on any atom is 0.135 e. The molecule has 3 nitrogen and oxygen atoms in total. The van der Waals surface area contributed by atoms with Gasteiger partial charge in [-0.1, -0.05) is 54.1 Å². The standard InChI is InChI=1S/C20H23N3/c1-15-9-11-16(12-10-15)19-17-7-3-4-8-18(17)20(22-21-19)23-13-5-2-6-14-23/h3-4,7-12,17-18H,2,5-6,13-14H2,1H3/t17-,18-/m0/s1. The van der Waals surface area contributed by atoms with Crippen LogP contribution in [0.5, 0.6) is 0 Å². The van der Waals surface area contributed by atoms with Crippen molar-refractivity contribution in [3.8, 4) is 0 Å². The van der Waals surface area contributed by atoms with Crippen molar-refractivity contribution in [1.29, 1.82) is 0 Å². The number of rotatable bonds is 1. The number of benzene rings is 1. The molecule has 0 N–H and O–H groups in total. The Hall–Kier alpha value is -2.16. The molecule has 1 aromatic carbocycles. The topological polar surface area (TPSA) is 28.0 Å². The molecule has 1 aromatic rings. The predicted molar refractivity (Wildman–Crippen MR) is 95.8 cm³/mol. The van der Waals surface area contributed by atoms with Gasteiger partial charge in [0.2, 0.25) is 0 Å². The van der Waals surface area contributed by atoms with Crippen LogP contribution >= 0.6 is 0 Å². The van der Waals surface area contributed by atoms with Gasteiger partial charge in [0.05, 0.1) is 5.71 Å². The zero-order valence-corrected chi connectivity index (χ0v) is 13.7. The number of hydrogen-bond donors (Lipinski definition) is 0. The normalized spacial score (nSPS) is 26.6. The second-order valence-corrected chi connectivity index (χ2v) is 6.68. The third kappa shape index (κ3) is 2.76. The SMILES string of the molecule is Cc1ccc(C2=NN=C(N3CCCCC3)[C@H]3C=CC=C[C@H]23)cc1. The lowest BCUT2D eigenvalue weighted by molar-refractivity contribution is 0.325. The first-order valence-electron chi connectivity index (χ1n) is 8.65. The summed E-state index contributed by atoms with van der Waals surface area (Å²) in [5, 5.41) is 9.31. The average molecular weight is 305 g/mol. The number of hydrogen-bond acceptors (Lipinski definition) is 3. The molecule has 2 aliphatic heterocycles. The number of allylic oxidation sites excluding steroid dienone is 3. The summed E-state index contributed by atoms with van der Waals surface area (Å²) in [4.78, 5) is 2.44. The smallest absolute Gasteiger partial charge is 0.135 e. The van der Waals surface area contributed by atoms with Crippen molar-refractivity contribution in [2.24, 2.45) is 22.0 Å². The van der Waals surface area contributed by atoms with Gasteiger partial charge in [-0.15, -0.1) is 5.10 Å². The third-order valence-electron chi connectivity index (χ3n) is 5.04. The zero-order valence-electron chi connectivity index (χ0n) is 13.7. The molecular formula is C20H23N3. The number of aryl methyl sites for hydroxylation is 1. The summed E-state index contributed by atoms with van der Waals surface area (Å²) < 4.78 is 0. The molecule has 23 heavy (non-hydrogen) atoms. The molecule has 2 atom stereocenters. The van der Waals surface area contributed by atoms with Crippen LogP contribution in [0.25, 0.3) is 0 Å². The van der Waals surface area contributed by atoms with Gasteiger partial charge >= 0.3 is 0 Å². The van der Waals surface area contributed by atoms with E-state index in [1.54, 1.807) is 0 Å². The molecule has 0 aromatic heterocycles. The number of nitrogens with zero attached hydrogens (tertiary/aromatic N) is 3. The van der Waals surface area contributed by atoms with Gasteiger partial charge < -0.3 is 4.90 Å². The van der Waals surface area contributed by atoms with E-state index in [4.69, 9.17) is 0 Å². The number of likely N-dealkylation sites (tertiary alicyclic amines) is 1. The lowest BCUT2D eigenvalue weighted by atomic mass is 9.80. The van der Waals surface area contributed by atoms with Gasteiger partial charge in [0.25, 0.3) is 0 Å². The third-order valence-corrected chi connectivity index (χ3v) is 5.04. The Balaban J connectivity index is 1.71. The van der Waals surface area contributed by atoms with Crippen LogP contribution in [0.4, 0.5) is 0 Å². The van der Waals surface area contributed by atoms with Crippen LogP contribution in [0.3, 0.4) is 0 Å². The highest BCUT2D eigenvalue weighted by atomic mass is 15.3. The minimum Gasteiger partial charge on any atom is -0.358 e. The Morgan fingerprint density at radius 3 is 2.30 bits per heavy atom. The van der Waals surface area contributed by atoms with Crippen LogP contribution in [0.2, 0.25) is 0 Å². The summed E-state index contributed by atoms with van der Waals surface area (Å²) in [5.41, 5.74) is 3.56. The first kappa shape index (κ1) is 14.4. The summed E-state index contributed by atoms with van der Waals surface area (Å²) in [5.74, 6) is 1.79. The minimum atomic E-state index is 0.303. The second kappa shape index (κ2) is 6.15. The fourth-order valence-corrected chi connectivity index (χ4v) is 3.73. The van der Waals surface area contributed by atoms with E-state index in [2.05, 4.69) is 70.6 Å². The van der Waals surface area contributed by atoms with Crippen molar-refractivity contribution in [1.82, 2.24) is 4.90 Å². The number of fused-ring (bicyclic) bond motifs is 1. The molecule has 3 aliphatic rings. The van der Waals surface area contributed by atoms with Crippen molar-refractivity contribution in [2.45, 2.75) is 26.2 Å².